The lowest BCUT2D eigenvalue weighted by Crippen LogP contribution is -2.39. The van der Waals surface area contributed by atoms with Gasteiger partial charge in [-0.3, -0.25) is 4.90 Å². The van der Waals surface area contributed by atoms with Gasteiger partial charge in [0.2, 0.25) is 5.76 Å². The highest BCUT2D eigenvalue weighted by Crippen LogP contribution is 2.35. The van der Waals surface area contributed by atoms with E-state index in [2.05, 4.69) is 9.64 Å². The van der Waals surface area contributed by atoms with Gasteiger partial charge in [0.05, 0.1) is 13.4 Å². The minimum atomic E-state index is -0.431. The summed E-state index contributed by atoms with van der Waals surface area (Å²) in [5.74, 6) is 0.559. The molecule has 1 aliphatic rings. The van der Waals surface area contributed by atoms with Crippen LogP contribution < -0.4 is 5.73 Å². The lowest BCUT2D eigenvalue weighted by atomic mass is 10.1. The molecule has 1 aliphatic carbocycles. The van der Waals surface area contributed by atoms with Crippen LogP contribution in [-0.4, -0.2) is 37.6 Å². The van der Waals surface area contributed by atoms with Gasteiger partial charge in [-0.05, 0) is 31.9 Å². The molecular formula is C13H20N2O3. The third-order valence-corrected chi connectivity index (χ3v) is 3.51. The zero-order valence-electron chi connectivity index (χ0n) is 10.9. The van der Waals surface area contributed by atoms with Crippen LogP contribution in [0.25, 0.3) is 0 Å². The molecule has 0 aliphatic heterocycles. The van der Waals surface area contributed by atoms with Gasteiger partial charge >= 0.3 is 5.97 Å². The molecule has 0 aromatic carbocycles. The van der Waals surface area contributed by atoms with E-state index in [1.807, 2.05) is 13.1 Å². The fraction of sp³-hybridized carbons (Fsp3) is 0.615. The summed E-state index contributed by atoms with van der Waals surface area (Å²) in [6, 6.07) is 2.19. The molecule has 0 amide bonds. The fourth-order valence-corrected chi connectivity index (χ4v) is 2.33. The zero-order valence-corrected chi connectivity index (χ0v) is 10.9. The van der Waals surface area contributed by atoms with Crippen molar-refractivity contribution in [3.8, 4) is 0 Å². The molecule has 2 rings (SSSR count). The van der Waals surface area contributed by atoms with E-state index in [0.29, 0.717) is 25.0 Å². The Morgan fingerprint density at radius 3 is 2.94 bits per heavy atom. The lowest BCUT2D eigenvalue weighted by molar-refractivity contribution is 0.0561. The molecule has 0 spiro atoms. The Morgan fingerprint density at radius 2 is 2.39 bits per heavy atom. The fourth-order valence-electron chi connectivity index (χ4n) is 2.33. The quantitative estimate of drug-likeness (QED) is 0.771. The summed E-state index contributed by atoms with van der Waals surface area (Å²) >= 11 is 0. The Labute approximate surface area is 107 Å². The van der Waals surface area contributed by atoms with E-state index in [0.717, 1.165) is 5.56 Å². The Morgan fingerprint density at radius 1 is 1.67 bits per heavy atom. The molecule has 1 aromatic rings. The highest BCUT2D eigenvalue weighted by Gasteiger charge is 2.33. The van der Waals surface area contributed by atoms with Gasteiger partial charge in [0, 0.05) is 24.7 Å². The number of rotatable bonds is 6. The summed E-state index contributed by atoms with van der Waals surface area (Å²) in [6.45, 7) is 1.30. The molecule has 1 saturated carbocycles. The van der Waals surface area contributed by atoms with E-state index in [-0.39, 0.29) is 5.76 Å². The molecule has 5 heteroatoms. The second-order valence-corrected chi connectivity index (χ2v) is 4.82. The Balaban J connectivity index is 2.04. The van der Waals surface area contributed by atoms with E-state index in [4.69, 9.17) is 10.2 Å². The van der Waals surface area contributed by atoms with Crippen LogP contribution in [0.1, 0.15) is 29.0 Å². The number of carbonyl (C=O) groups excluding carboxylic acids is 1. The molecule has 2 N–H and O–H groups in total. The third kappa shape index (κ3) is 2.73. The van der Waals surface area contributed by atoms with Crippen molar-refractivity contribution in [3.05, 3.63) is 23.7 Å². The number of methoxy groups -OCH3 is 1. The molecule has 1 fully saturated rings. The molecule has 0 radical (unpaired) electrons. The van der Waals surface area contributed by atoms with E-state index < -0.39 is 5.97 Å². The van der Waals surface area contributed by atoms with E-state index in [1.54, 1.807) is 0 Å². The first-order chi connectivity index (χ1) is 8.67. The first kappa shape index (κ1) is 13.1. The minimum Gasteiger partial charge on any atom is -0.463 e. The largest absolute Gasteiger partial charge is 0.463 e. The SMILES string of the molecule is COC(=O)c1occc1CN(C)C(CN)C1CC1. The van der Waals surface area contributed by atoms with E-state index in [9.17, 15) is 4.79 Å². The average molecular weight is 252 g/mol. The summed E-state index contributed by atoms with van der Waals surface area (Å²) in [7, 11) is 3.38. The van der Waals surface area contributed by atoms with Gasteiger partial charge in [-0.15, -0.1) is 0 Å². The molecule has 100 valence electrons. The monoisotopic (exact) mass is 252 g/mol. The average Bonchev–Trinajstić information content (AvgIpc) is 3.09. The van der Waals surface area contributed by atoms with E-state index in [1.165, 1.54) is 26.2 Å². The molecule has 1 atom stereocenters. The number of hydrogen-bond donors (Lipinski definition) is 1. The number of hydrogen-bond acceptors (Lipinski definition) is 5. The smallest absolute Gasteiger partial charge is 0.374 e. The van der Waals surface area contributed by atoms with Gasteiger partial charge in [0.15, 0.2) is 0 Å². The maximum absolute atomic E-state index is 11.5. The van der Waals surface area contributed by atoms with Gasteiger partial charge in [0.25, 0.3) is 0 Å². The van der Waals surface area contributed by atoms with Crippen LogP contribution in [0.3, 0.4) is 0 Å². The second-order valence-electron chi connectivity index (χ2n) is 4.82. The van der Waals surface area contributed by atoms with Crippen molar-refractivity contribution in [2.75, 3.05) is 20.7 Å². The summed E-state index contributed by atoms with van der Waals surface area (Å²) in [5.41, 5.74) is 6.66. The van der Waals surface area contributed by atoms with Gasteiger partial charge in [0.1, 0.15) is 0 Å². The number of carbonyl (C=O) groups is 1. The van der Waals surface area contributed by atoms with Crippen molar-refractivity contribution in [1.29, 1.82) is 0 Å². The normalized spacial score (nSPS) is 16.9. The van der Waals surface area contributed by atoms with Crippen LogP contribution in [0.2, 0.25) is 0 Å². The summed E-state index contributed by atoms with van der Waals surface area (Å²) < 4.78 is 9.86. The molecular weight excluding hydrogens is 232 g/mol. The molecule has 5 nitrogen and oxygen atoms in total. The van der Waals surface area contributed by atoms with Crippen molar-refractivity contribution in [2.45, 2.75) is 25.4 Å². The van der Waals surface area contributed by atoms with Crippen molar-refractivity contribution in [1.82, 2.24) is 4.90 Å². The van der Waals surface area contributed by atoms with Crippen LogP contribution >= 0.6 is 0 Å². The zero-order chi connectivity index (χ0) is 13.1. The molecule has 1 unspecified atom stereocenters. The maximum atomic E-state index is 11.5. The minimum absolute atomic E-state index is 0.288. The summed E-state index contributed by atoms with van der Waals surface area (Å²) in [6.07, 6.45) is 4.02. The van der Waals surface area contributed by atoms with Crippen molar-refractivity contribution < 1.29 is 13.9 Å². The standard InChI is InChI=1S/C13H20N2O3/c1-15(11(7-14)9-3-4-9)8-10-5-6-18-12(10)13(16)17-2/h5-6,9,11H,3-4,7-8,14H2,1-2H3. The number of esters is 1. The Bertz CT molecular complexity index is 412. The summed E-state index contributed by atoms with van der Waals surface area (Å²) in [5, 5.41) is 0. The van der Waals surface area contributed by atoms with E-state index >= 15 is 0 Å². The first-order valence-electron chi connectivity index (χ1n) is 6.22. The molecule has 1 heterocycles. The number of nitrogens with two attached hydrogens (primary N) is 1. The second kappa shape index (κ2) is 5.54. The van der Waals surface area contributed by atoms with Crippen molar-refractivity contribution in [3.63, 3.8) is 0 Å². The number of likely N-dealkylation sites (N-methyl/N-ethyl adjacent to an activating group) is 1. The summed E-state index contributed by atoms with van der Waals surface area (Å²) in [4.78, 5) is 13.7. The van der Waals surface area contributed by atoms with Crippen molar-refractivity contribution in [2.24, 2.45) is 11.7 Å². The third-order valence-electron chi connectivity index (χ3n) is 3.51. The molecule has 18 heavy (non-hydrogen) atoms. The highest BCUT2D eigenvalue weighted by atomic mass is 16.5. The van der Waals surface area contributed by atoms with Crippen LogP contribution in [-0.2, 0) is 11.3 Å². The lowest BCUT2D eigenvalue weighted by Gasteiger charge is -2.26. The number of ether oxygens (including phenoxy) is 1. The molecule has 0 saturated heterocycles. The van der Waals surface area contributed by atoms with Crippen LogP contribution in [0.15, 0.2) is 16.7 Å². The predicted octanol–water partition coefficient (Wildman–Crippen LogP) is 1.24. The maximum Gasteiger partial charge on any atom is 0.374 e. The van der Waals surface area contributed by atoms with Gasteiger partial charge < -0.3 is 14.9 Å². The van der Waals surface area contributed by atoms with Crippen LogP contribution in [0.4, 0.5) is 0 Å². The Kier molecular flexibility index (Phi) is 4.04. The van der Waals surface area contributed by atoms with Gasteiger partial charge in [-0.2, -0.15) is 0 Å². The first-order valence-corrected chi connectivity index (χ1v) is 6.22. The molecule has 1 aromatic heterocycles. The number of furan rings is 1. The predicted molar refractivity (Wildman–Crippen MR) is 67.1 cm³/mol. The van der Waals surface area contributed by atoms with Crippen LogP contribution in [0.5, 0.6) is 0 Å². The van der Waals surface area contributed by atoms with Crippen molar-refractivity contribution >= 4 is 5.97 Å². The topological polar surface area (TPSA) is 68.7 Å². The number of nitrogens with zero attached hydrogens (tertiary/aromatic N) is 1. The molecule has 0 bridgehead atoms. The van der Waals surface area contributed by atoms with Gasteiger partial charge in [-0.25, -0.2) is 4.79 Å². The Hall–Kier alpha value is -1.33. The van der Waals surface area contributed by atoms with Crippen LogP contribution in [0, 0.1) is 5.92 Å². The van der Waals surface area contributed by atoms with Gasteiger partial charge in [-0.1, -0.05) is 0 Å². The highest BCUT2D eigenvalue weighted by molar-refractivity contribution is 5.87.